The normalized spacial score (nSPS) is 11.1. The van der Waals surface area contributed by atoms with Gasteiger partial charge in [-0.25, -0.2) is 0 Å². The van der Waals surface area contributed by atoms with Gasteiger partial charge in [-0.05, 0) is 24.4 Å². The van der Waals surface area contributed by atoms with E-state index >= 15 is 0 Å². The van der Waals surface area contributed by atoms with Gasteiger partial charge in [0.1, 0.15) is 0 Å². The lowest BCUT2D eigenvalue weighted by atomic mass is 10.3. The Balaban J connectivity index is 2.43. The van der Waals surface area contributed by atoms with Gasteiger partial charge in [0.25, 0.3) is 0 Å². The van der Waals surface area contributed by atoms with Gasteiger partial charge in [-0.2, -0.15) is 13.2 Å². The SMILES string of the molecule is CN(CCC(F)(F)F)C(=S)Nc1ccccc1. The van der Waals surface area contributed by atoms with Crippen LogP contribution >= 0.6 is 12.2 Å². The molecule has 0 aliphatic heterocycles. The van der Waals surface area contributed by atoms with Crippen LogP contribution in [-0.4, -0.2) is 29.8 Å². The minimum atomic E-state index is -4.16. The maximum absolute atomic E-state index is 12.0. The molecule has 0 saturated carbocycles. The Morgan fingerprint density at radius 1 is 1.29 bits per heavy atom. The second-order valence-electron chi connectivity index (χ2n) is 3.58. The summed E-state index contributed by atoms with van der Waals surface area (Å²) in [5.41, 5.74) is 0.761. The zero-order valence-corrected chi connectivity index (χ0v) is 10.1. The molecule has 0 heterocycles. The fourth-order valence-corrected chi connectivity index (χ4v) is 1.35. The van der Waals surface area contributed by atoms with Gasteiger partial charge in [0.2, 0.25) is 0 Å². The maximum Gasteiger partial charge on any atom is 0.390 e. The van der Waals surface area contributed by atoms with Crippen LogP contribution in [0.4, 0.5) is 18.9 Å². The number of thiocarbonyl (C=S) groups is 1. The molecule has 0 atom stereocenters. The monoisotopic (exact) mass is 262 g/mol. The average Bonchev–Trinajstić information content (AvgIpc) is 2.26. The highest BCUT2D eigenvalue weighted by molar-refractivity contribution is 7.80. The van der Waals surface area contributed by atoms with Crippen molar-refractivity contribution in [1.82, 2.24) is 4.90 Å². The fourth-order valence-electron chi connectivity index (χ4n) is 1.14. The lowest BCUT2D eigenvalue weighted by molar-refractivity contribution is -0.135. The lowest BCUT2D eigenvalue weighted by Crippen LogP contribution is -2.33. The van der Waals surface area contributed by atoms with Gasteiger partial charge in [0, 0.05) is 19.3 Å². The van der Waals surface area contributed by atoms with Crippen LogP contribution in [0.25, 0.3) is 0 Å². The molecule has 1 N–H and O–H groups in total. The lowest BCUT2D eigenvalue weighted by Gasteiger charge is -2.21. The third kappa shape index (κ3) is 5.53. The number of halogens is 3. The van der Waals surface area contributed by atoms with Gasteiger partial charge in [0.05, 0.1) is 6.42 Å². The van der Waals surface area contributed by atoms with Gasteiger partial charge >= 0.3 is 6.18 Å². The molecule has 17 heavy (non-hydrogen) atoms. The second kappa shape index (κ2) is 5.86. The Labute approximate surface area is 103 Å². The van der Waals surface area contributed by atoms with Crippen molar-refractivity contribution in [3.8, 4) is 0 Å². The summed E-state index contributed by atoms with van der Waals surface area (Å²) in [6.45, 7) is -0.151. The molecule has 0 aromatic heterocycles. The molecule has 0 amide bonds. The van der Waals surface area contributed by atoms with Crippen LogP contribution in [0.15, 0.2) is 30.3 Å². The van der Waals surface area contributed by atoms with Crippen LogP contribution in [0.1, 0.15) is 6.42 Å². The first-order valence-electron chi connectivity index (χ1n) is 5.02. The average molecular weight is 262 g/mol. The van der Waals surface area contributed by atoms with E-state index in [1.165, 1.54) is 11.9 Å². The second-order valence-corrected chi connectivity index (χ2v) is 3.97. The van der Waals surface area contributed by atoms with Gasteiger partial charge in [0.15, 0.2) is 5.11 Å². The van der Waals surface area contributed by atoms with Crippen molar-refractivity contribution in [2.75, 3.05) is 18.9 Å². The maximum atomic E-state index is 12.0. The molecule has 0 aliphatic carbocycles. The smallest absolute Gasteiger partial charge is 0.352 e. The molecule has 0 aliphatic rings. The number of hydrogen-bond acceptors (Lipinski definition) is 1. The first-order valence-corrected chi connectivity index (χ1v) is 5.43. The van der Waals surface area contributed by atoms with Crippen LogP contribution in [0.5, 0.6) is 0 Å². The molecular weight excluding hydrogens is 249 g/mol. The number of alkyl halides is 3. The largest absolute Gasteiger partial charge is 0.390 e. The predicted molar refractivity (Wildman–Crippen MR) is 66.0 cm³/mol. The van der Waals surface area contributed by atoms with Crippen LogP contribution < -0.4 is 5.32 Å². The zero-order chi connectivity index (χ0) is 12.9. The van der Waals surface area contributed by atoms with Crippen LogP contribution in [0, 0.1) is 0 Å². The van der Waals surface area contributed by atoms with Crippen molar-refractivity contribution < 1.29 is 13.2 Å². The van der Waals surface area contributed by atoms with Gasteiger partial charge < -0.3 is 10.2 Å². The summed E-state index contributed by atoms with van der Waals surface area (Å²) in [4.78, 5) is 1.37. The minimum Gasteiger partial charge on any atom is -0.352 e. The highest BCUT2D eigenvalue weighted by atomic mass is 32.1. The van der Waals surface area contributed by atoms with Crippen molar-refractivity contribution in [1.29, 1.82) is 0 Å². The quantitative estimate of drug-likeness (QED) is 0.842. The Hall–Kier alpha value is -1.30. The first kappa shape index (κ1) is 13.8. The molecule has 1 aromatic carbocycles. The minimum absolute atomic E-state index is 0.151. The molecule has 0 unspecified atom stereocenters. The van der Waals surface area contributed by atoms with E-state index in [1.54, 1.807) is 12.1 Å². The fraction of sp³-hybridized carbons (Fsp3) is 0.364. The first-order chi connectivity index (χ1) is 7.88. The van der Waals surface area contributed by atoms with E-state index in [-0.39, 0.29) is 11.7 Å². The summed E-state index contributed by atoms with van der Waals surface area (Å²) < 4.78 is 36.0. The summed E-state index contributed by atoms with van der Waals surface area (Å²) >= 11 is 4.99. The van der Waals surface area contributed by atoms with Gasteiger partial charge in [-0.15, -0.1) is 0 Å². The van der Waals surface area contributed by atoms with E-state index in [4.69, 9.17) is 12.2 Å². The number of anilines is 1. The topological polar surface area (TPSA) is 15.3 Å². The Morgan fingerprint density at radius 3 is 2.41 bits per heavy atom. The number of rotatable bonds is 3. The van der Waals surface area contributed by atoms with E-state index in [9.17, 15) is 13.2 Å². The third-order valence-electron chi connectivity index (χ3n) is 2.10. The van der Waals surface area contributed by atoms with Crippen molar-refractivity contribution in [3.05, 3.63) is 30.3 Å². The summed E-state index contributed by atoms with van der Waals surface area (Å²) in [7, 11) is 1.53. The van der Waals surface area contributed by atoms with Crippen molar-refractivity contribution >= 4 is 23.0 Å². The van der Waals surface area contributed by atoms with E-state index in [2.05, 4.69) is 5.32 Å². The van der Waals surface area contributed by atoms with E-state index in [0.29, 0.717) is 0 Å². The van der Waals surface area contributed by atoms with Crippen molar-refractivity contribution in [3.63, 3.8) is 0 Å². The van der Waals surface area contributed by atoms with E-state index in [0.717, 1.165) is 5.69 Å². The van der Waals surface area contributed by atoms with Gasteiger partial charge in [-0.3, -0.25) is 0 Å². The molecule has 1 rings (SSSR count). The standard InChI is InChI=1S/C11H13F3N2S/c1-16(8-7-11(12,13)14)10(17)15-9-5-3-2-4-6-9/h2-6H,7-8H2,1H3,(H,15,17). The molecule has 94 valence electrons. The molecular formula is C11H13F3N2S. The summed E-state index contributed by atoms with van der Waals surface area (Å²) in [6, 6.07) is 9.08. The molecule has 0 bridgehead atoms. The molecule has 1 aromatic rings. The zero-order valence-electron chi connectivity index (χ0n) is 9.29. The number of nitrogens with one attached hydrogen (secondary N) is 1. The molecule has 2 nitrogen and oxygen atoms in total. The molecule has 6 heteroatoms. The molecule has 0 saturated heterocycles. The van der Waals surface area contributed by atoms with Gasteiger partial charge in [-0.1, -0.05) is 18.2 Å². The molecule has 0 radical (unpaired) electrons. The van der Waals surface area contributed by atoms with Crippen molar-refractivity contribution in [2.24, 2.45) is 0 Å². The van der Waals surface area contributed by atoms with Crippen LogP contribution in [-0.2, 0) is 0 Å². The van der Waals surface area contributed by atoms with Crippen LogP contribution in [0.3, 0.4) is 0 Å². The summed E-state index contributed by atoms with van der Waals surface area (Å²) in [6.07, 6.45) is -5.03. The third-order valence-corrected chi connectivity index (χ3v) is 2.52. The Kier molecular flexibility index (Phi) is 4.74. The number of benzene rings is 1. The summed E-state index contributed by atoms with van der Waals surface area (Å²) in [5.74, 6) is 0. The highest BCUT2D eigenvalue weighted by Gasteiger charge is 2.27. The van der Waals surface area contributed by atoms with Crippen molar-refractivity contribution in [2.45, 2.75) is 12.6 Å². The number of hydrogen-bond donors (Lipinski definition) is 1. The number of para-hydroxylation sites is 1. The van der Waals surface area contributed by atoms with E-state index in [1.807, 2.05) is 18.2 Å². The van der Waals surface area contributed by atoms with Crippen LogP contribution in [0.2, 0.25) is 0 Å². The Bertz CT molecular complexity index is 365. The molecule has 0 spiro atoms. The number of nitrogens with zero attached hydrogens (tertiary/aromatic N) is 1. The van der Waals surface area contributed by atoms with E-state index < -0.39 is 12.6 Å². The predicted octanol–water partition coefficient (Wildman–Crippen LogP) is 3.27. The Morgan fingerprint density at radius 2 is 1.88 bits per heavy atom. The molecule has 0 fully saturated rings. The highest BCUT2D eigenvalue weighted by Crippen LogP contribution is 2.19. The summed E-state index contributed by atoms with van der Waals surface area (Å²) in [5, 5.41) is 3.15.